The van der Waals surface area contributed by atoms with Gasteiger partial charge in [0.1, 0.15) is 12.6 Å². The molecule has 2 heterocycles. The highest BCUT2D eigenvalue weighted by molar-refractivity contribution is 5.93. The highest BCUT2D eigenvalue weighted by atomic mass is 19.4. The Labute approximate surface area is 258 Å². The number of hydrogen-bond acceptors (Lipinski definition) is 7. The summed E-state index contributed by atoms with van der Waals surface area (Å²) in [4.78, 5) is 41.8. The molecule has 1 amide bonds. The summed E-state index contributed by atoms with van der Waals surface area (Å²) in [7, 11) is 8.51. The van der Waals surface area contributed by atoms with E-state index in [9.17, 15) is 32.8 Å². The minimum atomic E-state index is -4.63. The van der Waals surface area contributed by atoms with E-state index in [1.54, 1.807) is 39.2 Å². The number of amides is 1. The molecule has 1 atom stereocenters. The number of rotatable bonds is 9. The lowest BCUT2D eigenvalue weighted by molar-refractivity contribution is -0.903. The average Bonchev–Trinajstić information content (AvgIpc) is 3.35. The number of nitriles is 1. The smallest absolute Gasteiger partial charge is 0.416 e. The van der Waals surface area contributed by atoms with Gasteiger partial charge in [-0.25, -0.2) is 19.3 Å². The van der Waals surface area contributed by atoms with Crippen molar-refractivity contribution in [3.05, 3.63) is 86.5 Å². The van der Waals surface area contributed by atoms with Gasteiger partial charge in [0.05, 0.1) is 50.5 Å². The van der Waals surface area contributed by atoms with Gasteiger partial charge >= 0.3 is 17.8 Å². The lowest BCUT2D eigenvalue weighted by atomic mass is 9.89. The lowest BCUT2D eigenvalue weighted by Crippen LogP contribution is -2.41. The highest BCUT2D eigenvalue weighted by Gasteiger charge is 2.41. The second-order valence-corrected chi connectivity index (χ2v) is 11.7. The second kappa shape index (κ2) is 12.6. The first kappa shape index (κ1) is 33.0. The van der Waals surface area contributed by atoms with Gasteiger partial charge in [-0.15, -0.1) is 5.10 Å². The van der Waals surface area contributed by atoms with E-state index < -0.39 is 29.4 Å². The fourth-order valence-electron chi connectivity index (χ4n) is 5.58. The van der Waals surface area contributed by atoms with Crippen LogP contribution in [-0.2, 0) is 27.0 Å². The van der Waals surface area contributed by atoms with Crippen LogP contribution in [0.5, 0.6) is 0 Å². The number of allylic oxidation sites excluding steroid dienone is 1. The summed E-state index contributed by atoms with van der Waals surface area (Å²) in [6, 6.07) is 10.5. The molecule has 2 aromatic carbocycles. The molecule has 0 radical (unpaired) electrons. The molecule has 14 heteroatoms. The maximum Gasteiger partial charge on any atom is 0.416 e. The van der Waals surface area contributed by atoms with Gasteiger partial charge in [0.2, 0.25) is 11.9 Å². The van der Waals surface area contributed by atoms with Gasteiger partial charge in [-0.1, -0.05) is 12.1 Å². The summed E-state index contributed by atoms with van der Waals surface area (Å²) in [6.45, 7) is 2.52. The zero-order valence-electron chi connectivity index (χ0n) is 25.9. The summed E-state index contributed by atoms with van der Waals surface area (Å²) >= 11 is 0. The van der Waals surface area contributed by atoms with Crippen LogP contribution >= 0.6 is 0 Å². The number of aromatic amines is 1. The van der Waals surface area contributed by atoms with Crippen LogP contribution < -0.4 is 10.6 Å². The Morgan fingerprint density at radius 1 is 1.18 bits per heavy atom. The molecule has 45 heavy (non-hydrogen) atoms. The van der Waals surface area contributed by atoms with Gasteiger partial charge in [-0.2, -0.15) is 18.4 Å². The molecule has 11 nitrogen and oxygen atoms in total. The van der Waals surface area contributed by atoms with Crippen molar-refractivity contribution in [2.24, 2.45) is 0 Å². The van der Waals surface area contributed by atoms with Crippen molar-refractivity contribution in [2.75, 3.05) is 46.7 Å². The number of methoxy groups -OCH3 is 1. The van der Waals surface area contributed by atoms with Crippen LogP contribution in [0.2, 0.25) is 0 Å². The van der Waals surface area contributed by atoms with Gasteiger partial charge in [-0.3, -0.25) is 9.69 Å². The molecule has 1 N–H and O–H groups in total. The molecule has 0 bridgehead atoms. The number of nitrogens with one attached hydrogen (secondary N) is 1. The Balaban J connectivity index is 1.89. The van der Waals surface area contributed by atoms with Crippen LogP contribution in [0.15, 0.2) is 58.5 Å². The first-order valence-corrected chi connectivity index (χ1v) is 14.1. The third-order valence-electron chi connectivity index (χ3n) is 7.80. The minimum absolute atomic E-state index is 0.00453. The maximum atomic E-state index is 13.6. The van der Waals surface area contributed by atoms with Crippen LogP contribution in [-0.4, -0.2) is 77.9 Å². The van der Waals surface area contributed by atoms with Crippen molar-refractivity contribution in [1.82, 2.24) is 19.7 Å². The zero-order chi connectivity index (χ0) is 33.3. The van der Waals surface area contributed by atoms with Crippen LogP contribution in [0.3, 0.4) is 0 Å². The van der Waals surface area contributed by atoms with Crippen LogP contribution in [0, 0.1) is 11.3 Å². The molecule has 3 aromatic rings. The van der Waals surface area contributed by atoms with Crippen molar-refractivity contribution in [3.8, 4) is 6.07 Å². The number of anilines is 2. The number of benzene rings is 2. The average molecular weight is 627 g/mol. The van der Waals surface area contributed by atoms with Crippen LogP contribution in [0.1, 0.15) is 48.1 Å². The standard InChI is InChI=1S/C31H34F3N7O4/c1-19-26(28(43)45-6)27(40-29(36-37-30(40)44)39(19)23-10-7-9-22(16-23)31(32,33)34)24-13-12-20(17-35)15-21(24)18-41(4,5)14-8-11-25(42)38(2)3/h7,9-10,12-13,15-16,27H,8,11,14,18H2,1-6H3/p+1/t27-/m1/s1. The quantitative estimate of drug-likeness (QED) is 0.280. The van der Waals surface area contributed by atoms with Gasteiger partial charge in [-0.05, 0) is 42.8 Å². The molecular formula is C31H35F3N7O4+. The largest absolute Gasteiger partial charge is 0.466 e. The van der Waals surface area contributed by atoms with Crippen molar-refractivity contribution in [2.45, 2.75) is 38.5 Å². The fraction of sp³-hybridized carbons (Fsp3) is 0.387. The Morgan fingerprint density at radius 3 is 2.51 bits per heavy atom. The van der Waals surface area contributed by atoms with Gasteiger partial charge in [0.25, 0.3) is 0 Å². The number of alkyl halides is 3. The molecule has 0 spiro atoms. The molecule has 0 saturated heterocycles. The Hall–Kier alpha value is -4.90. The molecular weight excluding hydrogens is 591 g/mol. The third kappa shape index (κ3) is 6.78. The monoisotopic (exact) mass is 626 g/mol. The summed E-state index contributed by atoms with van der Waals surface area (Å²) in [5.41, 5.74) is 0.169. The fourth-order valence-corrected chi connectivity index (χ4v) is 5.58. The van der Waals surface area contributed by atoms with Crippen molar-refractivity contribution >= 4 is 23.5 Å². The first-order chi connectivity index (χ1) is 21.1. The number of esters is 1. The van der Waals surface area contributed by atoms with Crippen LogP contribution in [0.4, 0.5) is 24.8 Å². The van der Waals surface area contributed by atoms with E-state index in [4.69, 9.17) is 4.74 Å². The molecule has 0 unspecified atom stereocenters. The van der Waals surface area contributed by atoms with E-state index >= 15 is 0 Å². The maximum absolute atomic E-state index is 13.6. The van der Waals surface area contributed by atoms with Crippen molar-refractivity contribution in [3.63, 3.8) is 0 Å². The van der Waals surface area contributed by atoms with Gasteiger partial charge < -0.3 is 14.1 Å². The molecule has 238 valence electrons. The molecule has 0 fully saturated rings. The third-order valence-corrected chi connectivity index (χ3v) is 7.80. The topological polar surface area (TPSA) is 124 Å². The first-order valence-electron chi connectivity index (χ1n) is 14.1. The summed E-state index contributed by atoms with van der Waals surface area (Å²) in [5, 5.41) is 16.2. The summed E-state index contributed by atoms with van der Waals surface area (Å²) in [5.74, 6) is -0.815. The number of carbonyl (C=O) groups is 2. The number of carbonyl (C=O) groups excluding carboxylic acids is 2. The number of H-pyrrole nitrogens is 1. The number of halogens is 3. The van der Waals surface area contributed by atoms with E-state index in [1.165, 1.54) is 33.6 Å². The Kier molecular flexibility index (Phi) is 9.25. The lowest BCUT2D eigenvalue weighted by Gasteiger charge is -2.37. The summed E-state index contributed by atoms with van der Waals surface area (Å²) in [6.07, 6.45) is -3.68. The molecule has 1 aliphatic rings. The molecule has 1 aliphatic heterocycles. The summed E-state index contributed by atoms with van der Waals surface area (Å²) < 4.78 is 47.7. The van der Waals surface area contributed by atoms with E-state index in [1.807, 2.05) is 14.1 Å². The number of nitrogens with zero attached hydrogens (tertiary/aromatic N) is 6. The van der Waals surface area contributed by atoms with Gasteiger partial charge in [0, 0.05) is 43.9 Å². The number of hydrogen-bond donors (Lipinski definition) is 1. The normalized spacial score (nSPS) is 15.0. The zero-order valence-corrected chi connectivity index (χ0v) is 25.9. The molecule has 0 saturated carbocycles. The van der Waals surface area contributed by atoms with Crippen LogP contribution in [0.25, 0.3) is 0 Å². The van der Waals surface area contributed by atoms with Crippen molar-refractivity contribution < 1.29 is 32.0 Å². The van der Waals surface area contributed by atoms with E-state index in [0.29, 0.717) is 47.1 Å². The van der Waals surface area contributed by atoms with E-state index in [-0.39, 0.29) is 28.8 Å². The molecule has 1 aromatic heterocycles. The Morgan fingerprint density at radius 2 is 1.89 bits per heavy atom. The number of aromatic nitrogens is 3. The van der Waals surface area contributed by atoms with Gasteiger partial charge in [0.15, 0.2) is 0 Å². The number of quaternary nitrogens is 1. The Bertz CT molecular complexity index is 1750. The molecule has 4 rings (SSSR count). The van der Waals surface area contributed by atoms with Crippen molar-refractivity contribution in [1.29, 1.82) is 5.26 Å². The highest BCUT2D eigenvalue weighted by Crippen LogP contribution is 2.43. The number of ether oxygens (including phenoxy) is 1. The van der Waals surface area contributed by atoms with E-state index in [2.05, 4.69) is 16.3 Å². The molecule has 0 aliphatic carbocycles. The SMILES string of the molecule is COC(=O)C1=C(C)N(c2cccc(C(F)(F)F)c2)c2n[nH]c(=O)n2[C@@H]1c1ccc(C#N)cc1C[N+](C)(C)CCCC(=O)N(C)C. The predicted molar refractivity (Wildman–Crippen MR) is 159 cm³/mol. The minimum Gasteiger partial charge on any atom is -0.466 e. The second-order valence-electron chi connectivity index (χ2n) is 11.7. The van der Waals surface area contributed by atoms with E-state index in [0.717, 1.165) is 12.1 Å². The predicted octanol–water partition coefficient (Wildman–Crippen LogP) is 4.09. The number of fused-ring (bicyclic) bond motifs is 1.